The third-order valence-corrected chi connectivity index (χ3v) is 4.23. The summed E-state index contributed by atoms with van der Waals surface area (Å²) in [5, 5.41) is 0. The Balaban J connectivity index is 2.24. The zero-order valence-electron chi connectivity index (χ0n) is 11.6. The molecule has 1 heteroatoms. The lowest BCUT2D eigenvalue weighted by Crippen LogP contribution is -2.46. The van der Waals surface area contributed by atoms with Gasteiger partial charge in [-0.25, -0.2) is 0 Å². The third-order valence-electron chi connectivity index (χ3n) is 4.23. The van der Waals surface area contributed by atoms with Crippen molar-refractivity contribution in [2.24, 2.45) is 11.7 Å². The molecule has 0 heterocycles. The fourth-order valence-corrected chi connectivity index (χ4v) is 3.12. The van der Waals surface area contributed by atoms with Gasteiger partial charge in [-0.15, -0.1) is 0 Å². The van der Waals surface area contributed by atoms with E-state index in [0.29, 0.717) is 0 Å². The Morgan fingerprint density at radius 3 is 2.06 bits per heavy atom. The molecule has 94 valence electrons. The van der Waals surface area contributed by atoms with Gasteiger partial charge in [-0.1, -0.05) is 52.0 Å². The molecular weight excluding hydrogens is 206 g/mol. The minimum absolute atomic E-state index is 0.237. The van der Waals surface area contributed by atoms with Gasteiger partial charge in [0.15, 0.2) is 0 Å². The van der Waals surface area contributed by atoms with E-state index in [1.165, 1.54) is 24.0 Å². The molecule has 1 fully saturated rings. The average Bonchev–Trinajstić information content (AvgIpc) is 2.23. The Bertz CT molecular complexity index is 377. The van der Waals surface area contributed by atoms with E-state index in [9.17, 15) is 0 Å². The van der Waals surface area contributed by atoms with Crippen LogP contribution in [0.25, 0.3) is 0 Å². The molecule has 1 aromatic rings. The van der Waals surface area contributed by atoms with Crippen molar-refractivity contribution in [3.05, 3.63) is 35.4 Å². The summed E-state index contributed by atoms with van der Waals surface area (Å²) in [5.74, 6) is 0.834. The van der Waals surface area contributed by atoms with Crippen LogP contribution in [-0.2, 0) is 10.8 Å². The zero-order valence-corrected chi connectivity index (χ0v) is 11.6. The Morgan fingerprint density at radius 1 is 1.18 bits per heavy atom. The van der Waals surface area contributed by atoms with E-state index in [1.54, 1.807) is 0 Å². The van der Waals surface area contributed by atoms with Gasteiger partial charge in [0.25, 0.3) is 0 Å². The van der Waals surface area contributed by atoms with Crippen LogP contribution in [0.1, 0.15) is 51.7 Å². The zero-order chi connectivity index (χ0) is 12.7. The van der Waals surface area contributed by atoms with Crippen LogP contribution in [0.2, 0.25) is 0 Å². The second-order valence-electron chi connectivity index (χ2n) is 6.83. The molecule has 0 radical (unpaired) electrons. The molecular formula is C16H25N. The summed E-state index contributed by atoms with van der Waals surface area (Å²) in [6.07, 6.45) is 2.50. The minimum atomic E-state index is 0.237. The molecule has 0 atom stereocenters. The fourth-order valence-electron chi connectivity index (χ4n) is 3.12. The molecule has 0 unspecified atom stereocenters. The number of hydrogen-bond acceptors (Lipinski definition) is 1. The Labute approximate surface area is 105 Å². The van der Waals surface area contributed by atoms with Gasteiger partial charge in [-0.05, 0) is 35.3 Å². The van der Waals surface area contributed by atoms with E-state index in [1.807, 2.05) is 0 Å². The molecule has 1 nitrogen and oxygen atoms in total. The first-order chi connectivity index (χ1) is 7.87. The molecule has 1 aliphatic carbocycles. The molecule has 2 rings (SSSR count). The summed E-state index contributed by atoms with van der Waals surface area (Å²) in [5.41, 5.74) is 9.34. The highest BCUT2D eigenvalue weighted by Crippen LogP contribution is 2.47. The van der Waals surface area contributed by atoms with Crippen molar-refractivity contribution in [3.8, 4) is 0 Å². The maximum absolute atomic E-state index is 5.99. The average molecular weight is 231 g/mol. The van der Waals surface area contributed by atoms with Crippen LogP contribution in [0.15, 0.2) is 24.3 Å². The third kappa shape index (κ3) is 2.26. The van der Waals surface area contributed by atoms with Crippen LogP contribution < -0.4 is 5.73 Å². The van der Waals surface area contributed by atoms with Crippen molar-refractivity contribution in [3.63, 3.8) is 0 Å². The highest BCUT2D eigenvalue weighted by atomic mass is 14.6. The topological polar surface area (TPSA) is 26.0 Å². The van der Waals surface area contributed by atoms with Crippen molar-refractivity contribution in [1.29, 1.82) is 0 Å². The predicted molar refractivity (Wildman–Crippen MR) is 74.3 cm³/mol. The second kappa shape index (κ2) is 4.13. The summed E-state index contributed by atoms with van der Waals surface area (Å²) in [6, 6.07) is 9.13. The molecule has 1 aliphatic rings. The van der Waals surface area contributed by atoms with E-state index >= 15 is 0 Å². The highest BCUT2D eigenvalue weighted by molar-refractivity contribution is 5.34. The SMILES string of the molecule is CC1CC(CN)(c2ccc(C(C)(C)C)cc2)C1. The molecule has 1 saturated carbocycles. The van der Waals surface area contributed by atoms with E-state index in [0.717, 1.165) is 12.5 Å². The molecule has 0 aliphatic heterocycles. The number of nitrogens with two attached hydrogens (primary N) is 1. The number of hydrogen-bond donors (Lipinski definition) is 1. The Morgan fingerprint density at radius 2 is 1.71 bits per heavy atom. The van der Waals surface area contributed by atoms with E-state index in [4.69, 9.17) is 5.73 Å². The first kappa shape index (κ1) is 12.6. The van der Waals surface area contributed by atoms with Gasteiger partial charge in [0.05, 0.1) is 0 Å². The first-order valence-electron chi connectivity index (χ1n) is 6.68. The summed E-state index contributed by atoms with van der Waals surface area (Å²) in [4.78, 5) is 0. The van der Waals surface area contributed by atoms with Crippen molar-refractivity contribution in [1.82, 2.24) is 0 Å². The van der Waals surface area contributed by atoms with Crippen molar-refractivity contribution >= 4 is 0 Å². The molecule has 0 amide bonds. The minimum Gasteiger partial charge on any atom is -0.330 e. The lowest BCUT2D eigenvalue weighted by atomic mass is 9.59. The lowest BCUT2D eigenvalue weighted by Gasteiger charge is -2.46. The summed E-state index contributed by atoms with van der Waals surface area (Å²) in [6.45, 7) is 9.87. The smallest absolute Gasteiger partial charge is 0.00806 e. The van der Waals surface area contributed by atoms with E-state index < -0.39 is 0 Å². The van der Waals surface area contributed by atoms with Gasteiger partial charge >= 0.3 is 0 Å². The monoisotopic (exact) mass is 231 g/mol. The maximum Gasteiger partial charge on any atom is 0.00806 e. The highest BCUT2D eigenvalue weighted by Gasteiger charge is 2.42. The molecule has 2 N–H and O–H groups in total. The second-order valence-corrected chi connectivity index (χ2v) is 6.83. The molecule has 1 aromatic carbocycles. The van der Waals surface area contributed by atoms with E-state index in [2.05, 4.69) is 52.0 Å². The van der Waals surface area contributed by atoms with Crippen LogP contribution >= 0.6 is 0 Å². The van der Waals surface area contributed by atoms with Gasteiger partial charge < -0.3 is 5.73 Å². The standard InChI is InChI=1S/C16H25N/c1-12-9-16(10-12,11-17)14-7-5-13(6-8-14)15(2,3)4/h5-8,12H,9-11,17H2,1-4H3. The normalized spacial score (nSPS) is 28.9. The van der Waals surface area contributed by atoms with Gasteiger partial charge in [0.1, 0.15) is 0 Å². The molecule has 0 bridgehead atoms. The van der Waals surface area contributed by atoms with Crippen LogP contribution in [0, 0.1) is 5.92 Å². The van der Waals surface area contributed by atoms with Gasteiger partial charge in [0.2, 0.25) is 0 Å². The van der Waals surface area contributed by atoms with Crippen LogP contribution in [0.4, 0.5) is 0 Å². The predicted octanol–water partition coefficient (Wildman–Crippen LogP) is 3.61. The molecule has 0 aromatic heterocycles. The van der Waals surface area contributed by atoms with Crippen LogP contribution in [0.5, 0.6) is 0 Å². The quantitative estimate of drug-likeness (QED) is 0.826. The van der Waals surface area contributed by atoms with Gasteiger partial charge in [0, 0.05) is 12.0 Å². The first-order valence-corrected chi connectivity index (χ1v) is 6.68. The van der Waals surface area contributed by atoms with Crippen LogP contribution in [0.3, 0.4) is 0 Å². The Hall–Kier alpha value is -0.820. The number of rotatable bonds is 2. The fraction of sp³-hybridized carbons (Fsp3) is 0.625. The van der Waals surface area contributed by atoms with Crippen molar-refractivity contribution in [2.75, 3.05) is 6.54 Å². The maximum atomic E-state index is 5.99. The lowest BCUT2D eigenvalue weighted by molar-refractivity contribution is 0.164. The molecule has 17 heavy (non-hydrogen) atoms. The van der Waals surface area contributed by atoms with Gasteiger partial charge in [-0.2, -0.15) is 0 Å². The molecule has 0 spiro atoms. The Kier molecular flexibility index (Phi) is 3.07. The van der Waals surface area contributed by atoms with E-state index in [-0.39, 0.29) is 10.8 Å². The molecule has 0 saturated heterocycles. The van der Waals surface area contributed by atoms with Crippen molar-refractivity contribution < 1.29 is 0 Å². The van der Waals surface area contributed by atoms with Crippen LogP contribution in [-0.4, -0.2) is 6.54 Å². The van der Waals surface area contributed by atoms with Crippen molar-refractivity contribution in [2.45, 2.75) is 51.4 Å². The summed E-state index contributed by atoms with van der Waals surface area (Å²) in [7, 11) is 0. The summed E-state index contributed by atoms with van der Waals surface area (Å²) >= 11 is 0. The summed E-state index contributed by atoms with van der Waals surface area (Å²) < 4.78 is 0. The van der Waals surface area contributed by atoms with Gasteiger partial charge in [-0.3, -0.25) is 0 Å². The largest absolute Gasteiger partial charge is 0.330 e. The number of benzene rings is 1.